The van der Waals surface area contributed by atoms with Crippen LogP contribution in [0.5, 0.6) is 0 Å². The molecular formula is C16H23ClO. The fraction of sp³-hybridized carbons (Fsp3) is 0.625. The summed E-state index contributed by atoms with van der Waals surface area (Å²) in [5.41, 5.74) is 2.58. The molecule has 0 amide bonds. The maximum Gasteiger partial charge on any atom is 0.0641 e. The lowest BCUT2D eigenvalue weighted by Crippen LogP contribution is -2.22. The smallest absolute Gasteiger partial charge is 0.0641 e. The van der Waals surface area contributed by atoms with Crippen molar-refractivity contribution >= 4 is 11.6 Å². The summed E-state index contributed by atoms with van der Waals surface area (Å²) in [4.78, 5) is 0. The van der Waals surface area contributed by atoms with E-state index in [1.807, 2.05) is 0 Å². The van der Waals surface area contributed by atoms with Crippen LogP contribution in [0.25, 0.3) is 0 Å². The SMILES string of the molecule is CCc1ccc(C(Cl)C2C(C)OC(C)C2C)cc1. The van der Waals surface area contributed by atoms with Gasteiger partial charge in [0, 0.05) is 5.92 Å². The molecule has 1 aliphatic heterocycles. The molecular weight excluding hydrogens is 244 g/mol. The highest BCUT2D eigenvalue weighted by atomic mass is 35.5. The third-order valence-electron chi connectivity index (χ3n) is 4.36. The highest BCUT2D eigenvalue weighted by molar-refractivity contribution is 6.21. The first-order valence-corrected chi connectivity index (χ1v) is 7.36. The van der Waals surface area contributed by atoms with Gasteiger partial charge in [-0.15, -0.1) is 11.6 Å². The summed E-state index contributed by atoms with van der Waals surface area (Å²) in [6.07, 6.45) is 1.62. The number of hydrogen-bond acceptors (Lipinski definition) is 1. The number of halogens is 1. The lowest BCUT2D eigenvalue weighted by Gasteiger charge is -2.24. The monoisotopic (exact) mass is 266 g/mol. The van der Waals surface area contributed by atoms with Gasteiger partial charge in [0.2, 0.25) is 0 Å². The Kier molecular flexibility index (Phi) is 4.34. The quantitative estimate of drug-likeness (QED) is 0.727. The Labute approximate surface area is 115 Å². The van der Waals surface area contributed by atoms with Crippen LogP contribution in [-0.4, -0.2) is 12.2 Å². The predicted octanol–water partition coefficient (Wildman–Crippen LogP) is 4.59. The number of benzene rings is 1. The minimum Gasteiger partial charge on any atom is -0.375 e. The number of ether oxygens (including phenoxy) is 1. The summed E-state index contributed by atoms with van der Waals surface area (Å²) in [6, 6.07) is 8.69. The van der Waals surface area contributed by atoms with Crippen LogP contribution >= 0.6 is 11.6 Å². The van der Waals surface area contributed by atoms with Crippen LogP contribution in [-0.2, 0) is 11.2 Å². The number of rotatable bonds is 3. The zero-order valence-electron chi connectivity index (χ0n) is 11.7. The van der Waals surface area contributed by atoms with Gasteiger partial charge in [-0.2, -0.15) is 0 Å². The lowest BCUT2D eigenvalue weighted by atomic mass is 9.84. The van der Waals surface area contributed by atoms with Crippen molar-refractivity contribution in [1.29, 1.82) is 0 Å². The van der Waals surface area contributed by atoms with Crippen molar-refractivity contribution in [2.24, 2.45) is 11.8 Å². The van der Waals surface area contributed by atoms with Crippen molar-refractivity contribution in [3.05, 3.63) is 35.4 Å². The standard InChI is InChI=1S/C16H23ClO/c1-5-13-6-8-14(9-7-13)16(17)15-10(2)11(3)18-12(15)4/h6-12,15-16H,5H2,1-4H3. The average Bonchev–Trinajstić information content (AvgIpc) is 2.63. The molecule has 0 radical (unpaired) electrons. The van der Waals surface area contributed by atoms with E-state index in [1.54, 1.807) is 0 Å². The number of hydrogen-bond donors (Lipinski definition) is 0. The van der Waals surface area contributed by atoms with Crippen LogP contribution in [0, 0.1) is 11.8 Å². The Balaban J connectivity index is 2.17. The molecule has 18 heavy (non-hydrogen) atoms. The summed E-state index contributed by atoms with van der Waals surface area (Å²) in [7, 11) is 0. The second-order valence-electron chi connectivity index (χ2n) is 5.48. The fourth-order valence-corrected chi connectivity index (χ4v) is 3.54. The van der Waals surface area contributed by atoms with Gasteiger partial charge in [-0.25, -0.2) is 0 Å². The molecule has 100 valence electrons. The van der Waals surface area contributed by atoms with Crippen molar-refractivity contribution in [1.82, 2.24) is 0 Å². The molecule has 0 saturated carbocycles. The van der Waals surface area contributed by atoms with Crippen molar-refractivity contribution in [3.63, 3.8) is 0 Å². The number of alkyl halides is 1. The summed E-state index contributed by atoms with van der Waals surface area (Å²) < 4.78 is 5.89. The molecule has 2 heteroatoms. The second-order valence-corrected chi connectivity index (χ2v) is 5.95. The molecule has 1 saturated heterocycles. The first-order chi connectivity index (χ1) is 8.54. The van der Waals surface area contributed by atoms with E-state index in [9.17, 15) is 0 Å². The highest BCUT2D eigenvalue weighted by Gasteiger charge is 2.41. The normalized spacial score (nSPS) is 33.6. The van der Waals surface area contributed by atoms with E-state index < -0.39 is 0 Å². The molecule has 5 atom stereocenters. The minimum atomic E-state index is 0.0471. The predicted molar refractivity (Wildman–Crippen MR) is 77.1 cm³/mol. The van der Waals surface area contributed by atoms with E-state index in [4.69, 9.17) is 16.3 Å². The van der Waals surface area contributed by atoms with Crippen LogP contribution in [0.3, 0.4) is 0 Å². The highest BCUT2D eigenvalue weighted by Crippen LogP contribution is 2.43. The van der Waals surface area contributed by atoms with Crippen LogP contribution in [0.4, 0.5) is 0 Å². The topological polar surface area (TPSA) is 9.23 Å². The molecule has 2 rings (SSSR count). The first-order valence-electron chi connectivity index (χ1n) is 6.93. The lowest BCUT2D eigenvalue weighted by molar-refractivity contribution is 0.0508. The van der Waals surface area contributed by atoms with Gasteiger partial charge in [-0.3, -0.25) is 0 Å². The Hall–Kier alpha value is -0.530. The van der Waals surface area contributed by atoms with E-state index >= 15 is 0 Å². The molecule has 1 heterocycles. The van der Waals surface area contributed by atoms with Crippen LogP contribution in [0.15, 0.2) is 24.3 Å². The van der Waals surface area contributed by atoms with Gasteiger partial charge >= 0.3 is 0 Å². The first kappa shape index (κ1) is 13.9. The zero-order chi connectivity index (χ0) is 13.3. The fourth-order valence-electron chi connectivity index (χ4n) is 2.96. The van der Waals surface area contributed by atoms with Crippen molar-refractivity contribution < 1.29 is 4.74 Å². The molecule has 0 aromatic heterocycles. The van der Waals surface area contributed by atoms with Gasteiger partial charge in [0.25, 0.3) is 0 Å². The van der Waals surface area contributed by atoms with E-state index in [0.29, 0.717) is 17.9 Å². The third-order valence-corrected chi connectivity index (χ3v) is 4.91. The van der Waals surface area contributed by atoms with Gasteiger partial charge in [0.15, 0.2) is 0 Å². The maximum atomic E-state index is 6.68. The van der Waals surface area contributed by atoms with E-state index in [2.05, 4.69) is 52.0 Å². The second kappa shape index (κ2) is 5.63. The summed E-state index contributed by atoms with van der Waals surface area (Å²) >= 11 is 6.68. The Bertz CT molecular complexity index is 387. The Morgan fingerprint density at radius 2 is 1.72 bits per heavy atom. The molecule has 1 nitrogen and oxygen atoms in total. The van der Waals surface area contributed by atoms with Crippen molar-refractivity contribution in [2.45, 2.75) is 51.7 Å². The van der Waals surface area contributed by atoms with Crippen LogP contribution < -0.4 is 0 Å². The van der Waals surface area contributed by atoms with Gasteiger partial charge in [0.1, 0.15) is 0 Å². The summed E-state index contributed by atoms with van der Waals surface area (Å²) in [6.45, 7) is 8.70. The Morgan fingerprint density at radius 1 is 1.11 bits per heavy atom. The third kappa shape index (κ3) is 2.57. The molecule has 1 aromatic rings. The molecule has 0 bridgehead atoms. The van der Waals surface area contributed by atoms with Crippen LogP contribution in [0.1, 0.15) is 44.2 Å². The van der Waals surface area contributed by atoms with Crippen molar-refractivity contribution in [3.8, 4) is 0 Å². The van der Waals surface area contributed by atoms with Gasteiger partial charge < -0.3 is 4.74 Å². The van der Waals surface area contributed by atoms with Gasteiger partial charge in [-0.1, -0.05) is 38.1 Å². The number of aryl methyl sites for hydroxylation is 1. The van der Waals surface area contributed by atoms with E-state index in [-0.39, 0.29) is 11.5 Å². The van der Waals surface area contributed by atoms with Gasteiger partial charge in [-0.05, 0) is 37.3 Å². The zero-order valence-corrected chi connectivity index (χ0v) is 12.4. The minimum absolute atomic E-state index is 0.0471. The summed E-state index contributed by atoms with van der Waals surface area (Å²) in [5, 5.41) is 0.0471. The van der Waals surface area contributed by atoms with Crippen molar-refractivity contribution in [2.75, 3.05) is 0 Å². The molecule has 0 aliphatic carbocycles. The summed E-state index contributed by atoms with van der Waals surface area (Å²) in [5.74, 6) is 0.905. The van der Waals surface area contributed by atoms with Gasteiger partial charge in [0.05, 0.1) is 17.6 Å². The molecule has 5 unspecified atom stereocenters. The molecule has 1 aliphatic rings. The molecule has 0 spiro atoms. The maximum absolute atomic E-state index is 6.68. The molecule has 1 fully saturated rings. The van der Waals surface area contributed by atoms with E-state index in [0.717, 1.165) is 6.42 Å². The molecule has 0 N–H and O–H groups in total. The largest absolute Gasteiger partial charge is 0.375 e. The Morgan fingerprint density at radius 3 is 2.17 bits per heavy atom. The average molecular weight is 267 g/mol. The molecule has 1 aromatic carbocycles. The van der Waals surface area contributed by atoms with E-state index in [1.165, 1.54) is 11.1 Å². The van der Waals surface area contributed by atoms with Crippen LogP contribution in [0.2, 0.25) is 0 Å².